The molecular formula is C16H11BrFNO3. The van der Waals surface area contributed by atoms with Crippen LogP contribution < -0.4 is 4.74 Å². The predicted octanol–water partition coefficient (Wildman–Crippen LogP) is 3.58. The molecule has 6 heteroatoms. The highest BCUT2D eigenvalue weighted by molar-refractivity contribution is 9.10. The number of esters is 1. The molecule has 22 heavy (non-hydrogen) atoms. The Kier molecular flexibility index (Phi) is 5.50. The Hall–Kier alpha value is -2.39. The van der Waals surface area contributed by atoms with Crippen molar-refractivity contribution in [2.45, 2.75) is 6.61 Å². The van der Waals surface area contributed by atoms with E-state index in [0.29, 0.717) is 15.8 Å². The fourth-order valence-electron chi connectivity index (χ4n) is 1.66. The SMILES string of the molecule is N#Cc1ccccc1OCC(=O)OCc1ccc(Br)cc1F. The van der Waals surface area contributed by atoms with Crippen LogP contribution in [0.15, 0.2) is 46.9 Å². The van der Waals surface area contributed by atoms with E-state index >= 15 is 0 Å². The van der Waals surface area contributed by atoms with Crippen molar-refractivity contribution in [2.75, 3.05) is 6.61 Å². The van der Waals surface area contributed by atoms with Gasteiger partial charge in [-0.25, -0.2) is 9.18 Å². The number of halogens is 2. The molecule has 0 saturated carbocycles. The Labute approximate surface area is 135 Å². The van der Waals surface area contributed by atoms with Crippen molar-refractivity contribution >= 4 is 21.9 Å². The Balaban J connectivity index is 1.87. The molecule has 0 aliphatic heterocycles. The molecule has 0 fully saturated rings. The first-order valence-corrected chi connectivity index (χ1v) is 7.11. The maximum atomic E-state index is 13.6. The first-order valence-electron chi connectivity index (χ1n) is 6.31. The highest BCUT2D eigenvalue weighted by atomic mass is 79.9. The lowest BCUT2D eigenvalue weighted by Gasteiger charge is -2.08. The minimum Gasteiger partial charge on any atom is -0.481 e. The Bertz CT molecular complexity index is 728. The molecule has 0 atom stereocenters. The molecule has 0 N–H and O–H groups in total. The van der Waals surface area contributed by atoms with Crippen LogP contribution in [-0.2, 0) is 16.1 Å². The van der Waals surface area contributed by atoms with E-state index in [1.807, 2.05) is 6.07 Å². The zero-order valence-electron chi connectivity index (χ0n) is 11.4. The Morgan fingerprint density at radius 1 is 1.27 bits per heavy atom. The van der Waals surface area contributed by atoms with E-state index in [1.165, 1.54) is 12.1 Å². The number of ether oxygens (including phenoxy) is 2. The molecule has 4 nitrogen and oxygen atoms in total. The molecule has 0 unspecified atom stereocenters. The lowest BCUT2D eigenvalue weighted by Crippen LogP contribution is -2.15. The average Bonchev–Trinajstić information content (AvgIpc) is 2.52. The maximum Gasteiger partial charge on any atom is 0.344 e. The topological polar surface area (TPSA) is 59.3 Å². The summed E-state index contributed by atoms with van der Waals surface area (Å²) < 4.78 is 24.3. The van der Waals surface area contributed by atoms with Crippen molar-refractivity contribution < 1.29 is 18.7 Å². The molecule has 0 saturated heterocycles. The van der Waals surface area contributed by atoms with Gasteiger partial charge in [0.25, 0.3) is 0 Å². The van der Waals surface area contributed by atoms with Crippen LogP contribution in [0, 0.1) is 17.1 Å². The fraction of sp³-hybridized carbons (Fsp3) is 0.125. The van der Waals surface area contributed by atoms with Gasteiger partial charge in [0.1, 0.15) is 24.2 Å². The minimum atomic E-state index is -0.643. The third-order valence-electron chi connectivity index (χ3n) is 2.76. The van der Waals surface area contributed by atoms with E-state index in [1.54, 1.807) is 30.3 Å². The van der Waals surface area contributed by atoms with Crippen molar-refractivity contribution in [1.82, 2.24) is 0 Å². The number of nitrogens with zero attached hydrogens (tertiary/aromatic N) is 1. The third-order valence-corrected chi connectivity index (χ3v) is 3.25. The number of carbonyl (C=O) groups is 1. The van der Waals surface area contributed by atoms with Gasteiger partial charge in [0.2, 0.25) is 0 Å². The molecule has 0 amide bonds. The molecule has 112 valence electrons. The van der Waals surface area contributed by atoms with Gasteiger partial charge < -0.3 is 9.47 Å². The lowest BCUT2D eigenvalue weighted by molar-refractivity contribution is -0.147. The van der Waals surface area contributed by atoms with Crippen molar-refractivity contribution in [1.29, 1.82) is 5.26 Å². The van der Waals surface area contributed by atoms with Crippen LogP contribution in [0.25, 0.3) is 0 Å². The van der Waals surface area contributed by atoms with Crippen molar-refractivity contribution in [2.24, 2.45) is 0 Å². The Morgan fingerprint density at radius 2 is 2.05 bits per heavy atom. The maximum absolute atomic E-state index is 13.6. The van der Waals surface area contributed by atoms with Gasteiger partial charge >= 0.3 is 5.97 Å². The van der Waals surface area contributed by atoms with Crippen LogP contribution in [-0.4, -0.2) is 12.6 Å². The molecule has 0 spiro atoms. The number of hydrogen-bond acceptors (Lipinski definition) is 4. The Morgan fingerprint density at radius 3 is 2.77 bits per heavy atom. The second kappa shape index (κ2) is 7.57. The highest BCUT2D eigenvalue weighted by Gasteiger charge is 2.09. The van der Waals surface area contributed by atoms with Crippen LogP contribution in [0.3, 0.4) is 0 Å². The minimum absolute atomic E-state index is 0.179. The van der Waals surface area contributed by atoms with Crippen LogP contribution in [0.5, 0.6) is 5.75 Å². The molecule has 0 aliphatic carbocycles. The van der Waals surface area contributed by atoms with Crippen LogP contribution >= 0.6 is 15.9 Å². The molecule has 0 aliphatic rings. The van der Waals surface area contributed by atoms with Gasteiger partial charge in [-0.15, -0.1) is 0 Å². The van der Waals surface area contributed by atoms with E-state index in [2.05, 4.69) is 15.9 Å². The van der Waals surface area contributed by atoms with E-state index in [0.717, 1.165) is 0 Å². The summed E-state index contributed by atoms with van der Waals surface area (Å²) in [5.41, 5.74) is 0.600. The molecule has 2 rings (SSSR count). The van der Waals surface area contributed by atoms with Gasteiger partial charge in [0, 0.05) is 10.0 Å². The predicted molar refractivity (Wildman–Crippen MR) is 80.5 cm³/mol. The van der Waals surface area contributed by atoms with Gasteiger partial charge in [0.15, 0.2) is 6.61 Å². The smallest absolute Gasteiger partial charge is 0.344 e. The first-order chi connectivity index (χ1) is 10.6. The molecule has 2 aromatic rings. The summed E-state index contributed by atoms with van der Waals surface area (Å²) in [5.74, 6) is -0.801. The molecule has 2 aromatic carbocycles. The van der Waals surface area contributed by atoms with Crippen molar-refractivity contribution in [3.05, 3.63) is 63.9 Å². The second-order valence-electron chi connectivity index (χ2n) is 4.29. The number of para-hydroxylation sites is 1. The van der Waals surface area contributed by atoms with Crippen molar-refractivity contribution in [3.63, 3.8) is 0 Å². The van der Waals surface area contributed by atoms with Crippen LogP contribution in [0.1, 0.15) is 11.1 Å². The summed E-state index contributed by atoms with van der Waals surface area (Å²) in [6.07, 6.45) is 0. The molecule has 0 aromatic heterocycles. The lowest BCUT2D eigenvalue weighted by atomic mass is 10.2. The first kappa shape index (κ1) is 16.0. The summed E-state index contributed by atoms with van der Waals surface area (Å²) >= 11 is 3.15. The second-order valence-corrected chi connectivity index (χ2v) is 5.21. The van der Waals surface area contributed by atoms with Gasteiger partial charge in [-0.2, -0.15) is 5.26 Å². The summed E-state index contributed by atoms with van der Waals surface area (Å²) in [7, 11) is 0. The average molecular weight is 364 g/mol. The third kappa shape index (κ3) is 4.30. The standard InChI is InChI=1S/C16H11BrFNO3/c17-13-6-5-12(14(18)7-13)9-22-16(20)10-21-15-4-2-1-3-11(15)8-19/h1-7H,9-10H2. The summed E-state index contributed by atoms with van der Waals surface area (Å²) in [5, 5.41) is 8.90. The van der Waals surface area contributed by atoms with E-state index in [-0.39, 0.29) is 18.8 Å². The molecule has 0 radical (unpaired) electrons. The van der Waals surface area contributed by atoms with E-state index < -0.39 is 11.8 Å². The zero-order chi connectivity index (χ0) is 15.9. The summed E-state index contributed by atoms with van der Waals surface area (Å²) in [4.78, 5) is 11.6. The molecule has 0 bridgehead atoms. The van der Waals surface area contributed by atoms with Crippen LogP contribution in [0.2, 0.25) is 0 Å². The monoisotopic (exact) mass is 363 g/mol. The van der Waals surface area contributed by atoms with Crippen molar-refractivity contribution in [3.8, 4) is 11.8 Å². The largest absolute Gasteiger partial charge is 0.481 e. The number of rotatable bonds is 5. The van der Waals surface area contributed by atoms with E-state index in [4.69, 9.17) is 14.7 Å². The zero-order valence-corrected chi connectivity index (χ0v) is 13.0. The van der Waals surface area contributed by atoms with E-state index in [9.17, 15) is 9.18 Å². The van der Waals surface area contributed by atoms with Gasteiger partial charge in [-0.1, -0.05) is 34.1 Å². The van der Waals surface area contributed by atoms with Crippen LogP contribution in [0.4, 0.5) is 4.39 Å². The van der Waals surface area contributed by atoms with Gasteiger partial charge in [-0.3, -0.25) is 0 Å². The van der Waals surface area contributed by atoms with Gasteiger partial charge in [0.05, 0.1) is 5.56 Å². The molecule has 0 heterocycles. The fourth-order valence-corrected chi connectivity index (χ4v) is 1.99. The summed E-state index contributed by atoms with van der Waals surface area (Å²) in [6.45, 7) is -0.530. The number of hydrogen-bond donors (Lipinski definition) is 0. The quantitative estimate of drug-likeness (QED) is 0.761. The highest BCUT2D eigenvalue weighted by Crippen LogP contribution is 2.17. The number of nitriles is 1. The number of benzene rings is 2. The summed E-state index contributed by atoms with van der Waals surface area (Å²) in [6, 6.07) is 13.0. The van der Waals surface area contributed by atoms with Gasteiger partial charge in [-0.05, 0) is 24.3 Å². The number of carbonyl (C=O) groups excluding carboxylic acids is 1. The molecular weight excluding hydrogens is 353 g/mol. The normalized spacial score (nSPS) is 9.86.